The van der Waals surface area contributed by atoms with E-state index in [1.165, 1.54) is 0 Å². The number of anilines is 1. The van der Waals surface area contributed by atoms with Gasteiger partial charge in [0, 0.05) is 18.8 Å². The Kier molecular flexibility index (Phi) is 4.40. The molecular formula is C9H13IN2O2. The molecule has 0 fully saturated rings. The van der Waals surface area contributed by atoms with Crippen molar-refractivity contribution in [3.8, 4) is 5.88 Å². The number of ether oxygens (including phenoxy) is 1. The standard InChI is InChI=1S/C9H13IN2O2/c1-6(13)4-11-8-3-9(14-2)12-5-7(8)10/h3,5-6,13H,4H2,1-2H3,(H,11,12)/t6-/m1/s1. The van der Waals surface area contributed by atoms with E-state index in [4.69, 9.17) is 9.84 Å². The number of nitrogens with zero attached hydrogens (tertiary/aromatic N) is 1. The van der Waals surface area contributed by atoms with E-state index in [9.17, 15) is 0 Å². The Bertz CT molecular complexity index is 305. The number of aliphatic hydroxyl groups is 1. The van der Waals surface area contributed by atoms with Crippen LogP contribution in [-0.4, -0.2) is 29.8 Å². The maximum atomic E-state index is 9.12. The highest BCUT2D eigenvalue weighted by Gasteiger charge is 2.03. The second-order valence-electron chi connectivity index (χ2n) is 2.94. The molecule has 0 unspecified atom stereocenters. The van der Waals surface area contributed by atoms with Crippen LogP contribution in [0.2, 0.25) is 0 Å². The number of hydrogen-bond donors (Lipinski definition) is 2. The summed E-state index contributed by atoms with van der Waals surface area (Å²) in [5.74, 6) is 0.568. The molecular weight excluding hydrogens is 295 g/mol. The minimum absolute atomic E-state index is 0.370. The Balaban J connectivity index is 2.73. The Morgan fingerprint density at radius 1 is 1.71 bits per heavy atom. The van der Waals surface area contributed by atoms with Gasteiger partial charge in [0.05, 0.1) is 22.5 Å². The fraction of sp³-hybridized carbons (Fsp3) is 0.444. The van der Waals surface area contributed by atoms with Gasteiger partial charge in [0.2, 0.25) is 5.88 Å². The minimum Gasteiger partial charge on any atom is -0.481 e. The van der Waals surface area contributed by atoms with Crippen LogP contribution in [0, 0.1) is 3.57 Å². The number of aliphatic hydroxyl groups excluding tert-OH is 1. The molecule has 1 atom stereocenters. The first-order valence-electron chi connectivity index (χ1n) is 4.25. The second kappa shape index (κ2) is 5.35. The van der Waals surface area contributed by atoms with Crippen LogP contribution >= 0.6 is 22.6 Å². The van der Waals surface area contributed by atoms with Gasteiger partial charge in [-0.05, 0) is 29.5 Å². The first-order valence-corrected chi connectivity index (χ1v) is 5.33. The summed E-state index contributed by atoms with van der Waals surface area (Å²) in [6.07, 6.45) is 1.36. The van der Waals surface area contributed by atoms with Gasteiger partial charge in [-0.15, -0.1) is 0 Å². The van der Waals surface area contributed by atoms with E-state index in [0.29, 0.717) is 12.4 Å². The lowest BCUT2D eigenvalue weighted by molar-refractivity contribution is 0.208. The van der Waals surface area contributed by atoms with Gasteiger partial charge in [-0.3, -0.25) is 0 Å². The van der Waals surface area contributed by atoms with Crippen LogP contribution in [0.3, 0.4) is 0 Å². The smallest absolute Gasteiger partial charge is 0.215 e. The molecule has 4 nitrogen and oxygen atoms in total. The van der Waals surface area contributed by atoms with Gasteiger partial charge < -0.3 is 15.2 Å². The van der Waals surface area contributed by atoms with Gasteiger partial charge in [-0.2, -0.15) is 0 Å². The molecule has 78 valence electrons. The molecule has 14 heavy (non-hydrogen) atoms. The molecule has 2 N–H and O–H groups in total. The SMILES string of the molecule is COc1cc(NC[C@@H](C)O)c(I)cn1. The maximum absolute atomic E-state index is 9.12. The molecule has 1 aromatic heterocycles. The summed E-state index contributed by atoms with van der Waals surface area (Å²) in [7, 11) is 1.58. The number of hydrogen-bond acceptors (Lipinski definition) is 4. The van der Waals surface area contributed by atoms with E-state index in [-0.39, 0.29) is 6.10 Å². The summed E-state index contributed by atoms with van der Waals surface area (Å²) in [6, 6.07) is 1.81. The van der Waals surface area contributed by atoms with Crippen LogP contribution in [0.15, 0.2) is 12.3 Å². The highest BCUT2D eigenvalue weighted by molar-refractivity contribution is 14.1. The van der Waals surface area contributed by atoms with Crippen LogP contribution < -0.4 is 10.1 Å². The second-order valence-corrected chi connectivity index (χ2v) is 4.10. The predicted molar refractivity (Wildman–Crippen MR) is 63.7 cm³/mol. The average molecular weight is 308 g/mol. The van der Waals surface area contributed by atoms with E-state index in [1.54, 1.807) is 20.2 Å². The van der Waals surface area contributed by atoms with Crippen molar-refractivity contribution in [1.82, 2.24) is 4.98 Å². The molecule has 0 aliphatic carbocycles. The first-order chi connectivity index (χ1) is 6.63. The normalized spacial score (nSPS) is 12.3. The van der Waals surface area contributed by atoms with Crippen molar-refractivity contribution in [2.24, 2.45) is 0 Å². The van der Waals surface area contributed by atoms with Gasteiger partial charge in [0.25, 0.3) is 0 Å². The third kappa shape index (κ3) is 3.30. The third-order valence-electron chi connectivity index (χ3n) is 1.63. The van der Waals surface area contributed by atoms with Crippen molar-refractivity contribution >= 4 is 28.3 Å². The van der Waals surface area contributed by atoms with E-state index < -0.39 is 0 Å². The molecule has 0 radical (unpaired) electrons. The average Bonchev–Trinajstić information content (AvgIpc) is 2.16. The Morgan fingerprint density at radius 3 is 3.00 bits per heavy atom. The molecule has 0 bridgehead atoms. The number of methoxy groups -OCH3 is 1. The monoisotopic (exact) mass is 308 g/mol. The molecule has 0 aromatic carbocycles. The molecule has 0 saturated heterocycles. The van der Waals surface area contributed by atoms with E-state index in [0.717, 1.165) is 9.26 Å². The summed E-state index contributed by atoms with van der Waals surface area (Å²) in [4.78, 5) is 4.05. The highest BCUT2D eigenvalue weighted by atomic mass is 127. The zero-order chi connectivity index (χ0) is 10.6. The fourth-order valence-corrected chi connectivity index (χ4v) is 1.41. The van der Waals surface area contributed by atoms with Crippen molar-refractivity contribution < 1.29 is 9.84 Å². The first kappa shape index (κ1) is 11.5. The minimum atomic E-state index is -0.370. The van der Waals surface area contributed by atoms with Crippen LogP contribution in [0.25, 0.3) is 0 Å². The van der Waals surface area contributed by atoms with E-state index in [2.05, 4.69) is 32.9 Å². The summed E-state index contributed by atoms with van der Waals surface area (Å²) in [6.45, 7) is 2.25. The van der Waals surface area contributed by atoms with E-state index in [1.807, 2.05) is 6.07 Å². The summed E-state index contributed by atoms with van der Waals surface area (Å²) in [5.41, 5.74) is 0.929. The molecule has 0 amide bonds. The lowest BCUT2D eigenvalue weighted by Crippen LogP contribution is -2.16. The summed E-state index contributed by atoms with van der Waals surface area (Å²) < 4.78 is 6.00. The van der Waals surface area contributed by atoms with Crippen LogP contribution in [0.5, 0.6) is 5.88 Å². The maximum Gasteiger partial charge on any atom is 0.215 e. The van der Waals surface area contributed by atoms with E-state index >= 15 is 0 Å². The topological polar surface area (TPSA) is 54.4 Å². The lowest BCUT2D eigenvalue weighted by Gasteiger charge is -2.10. The molecule has 1 aromatic rings. The quantitative estimate of drug-likeness (QED) is 0.828. The third-order valence-corrected chi connectivity index (χ3v) is 2.49. The molecule has 0 spiro atoms. The van der Waals surface area contributed by atoms with Gasteiger partial charge in [-0.25, -0.2) is 4.98 Å². The van der Waals surface area contributed by atoms with Crippen molar-refractivity contribution in [2.45, 2.75) is 13.0 Å². The van der Waals surface area contributed by atoms with Gasteiger partial charge in [-0.1, -0.05) is 0 Å². The van der Waals surface area contributed by atoms with Gasteiger partial charge >= 0.3 is 0 Å². The van der Waals surface area contributed by atoms with Crippen molar-refractivity contribution in [3.05, 3.63) is 15.8 Å². The number of aromatic nitrogens is 1. The summed E-state index contributed by atoms with van der Waals surface area (Å²) in [5, 5.41) is 12.2. The Hall–Kier alpha value is -0.560. The van der Waals surface area contributed by atoms with Crippen LogP contribution in [0.4, 0.5) is 5.69 Å². The molecule has 0 saturated carbocycles. The van der Waals surface area contributed by atoms with Crippen molar-refractivity contribution in [3.63, 3.8) is 0 Å². The highest BCUT2D eigenvalue weighted by Crippen LogP contribution is 2.21. The predicted octanol–water partition coefficient (Wildman–Crippen LogP) is 1.49. The molecule has 5 heteroatoms. The zero-order valence-corrected chi connectivity index (χ0v) is 10.3. The van der Waals surface area contributed by atoms with Crippen LogP contribution in [-0.2, 0) is 0 Å². The largest absolute Gasteiger partial charge is 0.481 e. The lowest BCUT2D eigenvalue weighted by atomic mass is 10.3. The molecule has 0 aliphatic rings. The van der Waals surface area contributed by atoms with Crippen molar-refractivity contribution in [2.75, 3.05) is 19.0 Å². The van der Waals surface area contributed by atoms with Crippen LogP contribution in [0.1, 0.15) is 6.92 Å². The van der Waals surface area contributed by atoms with Gasteiger partial charge in [0.15, 0.2) is 0 Å². The number of pyridine rings is 1. The molecule has 1 rings (SSSR count). The zero-order valence-electron chi connectivity index (χ0n) is 8.12. The molecule has 0 aliphatic heterocycles. The number of nitrogens with one attached hydrogen (secondary N) is 1. The number of rotatable bonds is 4. The Morgan fingerprint density at radius 2 is 2.43 bits per heavy atom. The summed E-state index contributed by atoms with van der Waals surface area (Å²) >= 11 is 2.18. The Labute approximate surface area is 96.8 Å². The number of halogens is 1. The fourth-order valence-electron chi connectivity index (χ4n) is 0.924. The van der Waals surface area contributed by atoms with Gasteiger partial charge in [0.1, 0.15) is 0 Å². The van der Waals surface area contributed by atoms with Crippen molar-refractivity contribution in [1.29, 1.82) is 0 Å². The molecule has 1 heterocycles.